The number of likely N-dealkylation sites (tertiary alicyclic amines) is 1. The van der Waals surface area contributed by atoms with Crippen LogP contribution in [-0.4, -0.2) is 36.5 Å². The third-order valence-corrected chi connectivity index (χ3v) is 4.29. The molecule has 5 heteroatoms. The Morgan fingerprint density at radius 1 is 1.60 bits per heavy atom. The van der Waals surface area contributed by atoms with Crippen molar-refractivity contribution < 1.29 is 9.53 Å². The van der Waals surface area contributed by atoms with Gasteiger partial charge in [-0.3, -0.25) is 4.79 Å². The van der Waals surface area contributed by atoms with E-state index < -0.39 is 6.10 Å². The Hall–Kier alpha value is -1.07. The van der Waals surface area contributed by atoms with E-state index in [0.717, 1.165) is 29.5 Å². The van der Waals surface area contributed by atoms with E-state index in [4.69, 9.17) is 10.5 Å². The monoisotopic (exact) mass is 340 g/mol. The molecule has 1 aromatic carbocycles. The zero-order valence-electron chi connectivity index (χ0n) is 11.9. The van der Waals surface area contributed by atoms with Crippen molar-refractivity contribution in [1.29, 1.82) is 0 Å². The summed E-state index contributed by atoms with van der Waals surface area (Å²) >= 11 is 3.46. The molecule has 0 aromatic heterocycles. The maximum atomic E-state index is 12.3. The molecule has 1 fully saturated rings. The van der Waals surface area contributed by atoms with Crippen LogP contribution in [0.3, 0.4) is 0 Å². The molecule has 1 heterocycles. The summed E-state index contributed by atoms with van der Waals surface area (Å²) in [5.41, 5.74) is 6.80. The summed E-state index contributed by atoms with van der Waals surface area (Å²) < 4.78 is 6.65. The molecule has 0 radical (unpaired) electrons. The summed E-state index contributed by atoms with van der Waals surface area (Å²) in [6.45, 7) is 5.98. The Kier molecular flexibility index (Phi) is 5.05. The second-order valence-electron chi connectivity index (χ2n) is 5.37. The van der Waals surface area contributed by atoms with E-state index in [1.807, 2.05) is 30.0 Å². The normalized spacial score (nSPS) is 20.0. The van der Waals surface area contributed by atoms with E-state index in [2.05, 4.69) is 15.9 Å². The van der Waals surface area contributed by atoms with Crippen LogP contribution >= 0.6 is 15.9 Å². The number of nitrogens with two attached hydrogens (primary N) is 1. The molecule has 0 bridgehead atoms. The molecule has 0 aliphatic carbocycles. The Morgan fingerprint density at radius 3 is 2.95 bits per heavy atom. The first kappa shape index (κ1) is 15.3. The summed E-state index contributed by atoms with van der Waals surface area (Å²) in [7, 11) is 0. The van der Waals surface area contributed by atoms with Crippen LogP contribution in [0.2, 0.25) is 0 Å². The van der Waals surface area contributed by atoms with E-state index in [1.54, 1.807) is 6.92 Å². The van der Waals surface area contributed by atoms with Crippen molar-refractivity contribution in [3.05, 3.63) is 28.2 Å². The SMILES string of the molecule is Cc1ccc(O[C@@H](C)C(=O)N2CC[C@H](CN)C2)c(Br)c1. The average molecular weight is 341 g/mol. The van der Waals surface area contributed by atoms with E-state index in [9.17, 15) is 4.79 Å². The molecule has 4 nitrogen and oxygen atoms in total. The molecular weight excluding hydrogens is 320 g/mol. The van der Waals surface area contributed by atoms with Gasteiger partial charge >= 0.3 is 0 Å². The maximum absolute atomic E-state index is 12.3. The lowest BCUT2D eigenvalue weighted by molar-refractivity contribution is -0.137. The van der Waals surface area contributed by atoms with Crippen LogP contribution in [0.4, 0.5) is 0 Å². The average Bonchev–Trinajstić information content (AvgIpc) is 2.89. The number of carbonyl (C=O) groups is 1. The Morgan fingerprint density at radius 2 is 2.35 bits per heavy atom. The van der Waals surface area contributed by atoms with Gasteiger partial charge in [0, 0.05) is 13.1 Å². The number of aryl methyl sites for hydroxylation is 1. The predicted octanol–water partition coefficient (Wildman–Crippen LogP) is 2.33. The molecule has 0 spiro atoms. The second kappa shape index (κ2) is 6.59. The highest BCUT2D eigenvalue weighted by molar-refractivity contribution is 9.10. The fraction of sp³-hybridized carbons (Fsp3) is 0.533. The molecule has 2 atom stereocenters. The van der Waals surface area contributed by atoms with Crippen molar-refractivity contribution in [1.82, 2.24) is 4.90 Å². The smallest absolute Gasteiger partial charge is 0.263 e. The summed E-state index contributed by atoms with van der Waals surface area (Å²) in [4.78, 5) is 14.2. The molecular formula is C15H21BrN2O2. The highest BCUT2D eigenvalue weighted by atomic mass is 79.9. The summed E-state index contributed by atoms with van der Waals surface area (Å²) in [5, 5.41) is 0. The number of rotatable bonds is 4. The Balaban J connectivity index is 1.97. The van der Waals surface area contributed by atoms with Crippen LogP contribution in [-0.2, 0) is 4.79 Å². The van der Waals surface area contributed by atoms with Crippen LogP contribution in [0.15, 0.2) is 22.7 Å². The van der Waals surface area contributed by atoms with Gasteiger partial charge < -0.3 is 15.4 Å². The highest BCUT2D eigenvalue weighted by Gasteiger charge is 2.29. The molecule has 0 saturated carbocycles. The van der Waals surface area contributed by atoms with Crippen LogP contribution in [0.5, 0.6) is 5.75 Å². The fourth-order valence-corrected chi connectivity index (χ4v) is 3.01. The number of hydrogen-bond donors (Lipinski definition) is 1. The number of halogens is 1. The zero-order chi connectivity index (χ0) is 14.7. The molecule has 1 aliphatic rings. The van der Waals surface area contributed by atoms with Crippen LogP contribution in [0, 0.1) is 12.8 Å². The summed E-state index contributed by atoms with van der Waals surface area (Å²) in [6, 6.07) is 5.83. The minimum Gasteiger partial charge on any atom is -0.480 e. The van der Waals surface area contributed by atoms with Gasteiger partial charge in [-0.05, 0) is 66.4 Å². The highest BCUT2D eigenvalue weighted by Crippen LogP contribution is 2.27. The summed E-state index contributed by atoms with van der Waals surface area (Å²) in [6.07, 6.45) is 0.508. The number of hydrogen-bond acceptors (Lipinski definition) is 3. The quantitative estimate of drug-likeness (QED) is 0.915. The van der Waals surface area contributed by atoms with Gasteiger partial charge in [0.25, 0.3) is 5.91 Å². The van der Waals surface area contributed by atoms with E-state index in [1.165, 1.54) is 0 Å². The lowest BCUT2D eigenvalue weighted by Gasteiger charge is -2.22. The van der Waals surface area contributed by atoms with Gasteiger partial charge in [-0.15, -0.1) is 0 Å². The van der Waals surface area contributed by atoms with Gasteiger partial charge in [-0.1, -0.05) is 6.07 Å². The minimum atomic E-state index is -0.481. The largest absolute Gasteiger partial charge is 0.480 e. The minimum absolute atomic E-state index is 0.0356. The molecule has 20 heavy (non-hydrogen) atoms. The van der Waals surface area contributed by atoms with E-state index in [-0.39, 0.29) is 5.91 Å². The molecule has 2 rings (SSSR count). The molecule has 0 unspecified atom stereocenters. The Bertz CT molecular complexity index is 493. The molecule has 1 saturated heterocycles. The number of amides is 1. The van der Waals surface area contributed by atoms with Crippen molar-refractivity contribution in [2.24, 2.45) is 11.7 Å². The predicted molar refractivity (Wildman–Crippen MR) is 82.7 cm³/mol. The summed E-state index contributed by atoms with van der Waals surface area (Å²) in [5.74, 6) is 1.16. The van der Waals surface area contributed by atoms with Crippen LogP contribution in [0.25, 0.3) is 0 Å². The first-order valence-corrected chi connectivity index (χ1v) is 7.72. The van der Waals surface area contributed by atoms with Crippen LogP contribution in [0.1, 0.15) is 18.9 Å². The van der Waals surface area contributed by atoms with Gasteiger partial charge in [0.05, 0.1) is 4.47 Å². The number of ether oxygens (including phenoxy) is 1. The lowest BCUT2D eigenvalue weighted by Crippen LogP contribution is -2.39. The first-order valence-electron chi connectivity index (χ1n) is 6.93. The molecule has 1 aliphatic heterocycles. The van der Waals surface area contributed by atoms with Gasteiger partial charge in [0.2, 0.25) is 0 Å². The molecule has 1 aromatic rings. The van der Waals surface area contributed by atoms with Crippen molar-refractivity contribution in [2.45, 2.75) is 26.4 Å². The van der Waals surface area contributed by atoms with Crippen LogP contribution < -0.4 is 10.5 Å². The third-order valence-electron chi connectivity index (χ3n) is 3.67. The number of carbonyl (C=O) groups excluding carboxylic acids is 1. The number of nitrogens with zero attached hydrogens (tertiary/aromatic N) is 1. The van der Waals surface area contributed by atoms with Gasteiger partial charge in [0.15, 0.2) is 6.10 Å². The third kappa shape index (κ3) is 3.52. The fourth-order valence-electron chi connectivity index (χ4n) is 2.42. The van der Waals surface area contributed by atoms with Gasteiger partial charge in [0.1, 0.15) is 5.75 Å². The topological polar surface area (TPSA) is 55.6 Å². The van der Waals surface area contributed by atoms with Gasteiger partial charge in [-0.25, -0.2) is 0 Å². The lowest BCUT2D eigenvalue weighted by atomic mass is 10.1. The molecule has 2 N–H and O–H groups in total. The molecule has 110 valence electrons. The Labute approximate surface area is 128 Å². The van der Waals surface area contributed by atoms with Crippen molar-refractivity contribution in [3.8, 4) is 5.75 Å². The zero-order valence-corrected chi connectivity index (χ0v) is 13.5. The van der Waals surface area contributed by atoms with Crippen molar-refractivity contribution in [3.63, 3.8) is 0 Å². The van der Waals surface area contributed by atoms with E-state index in [0.29, 0.717) is 18.2 Å². The number of benzene rings is 1. The van der Waals surface area contributed by atoms with E-state index >= 15 is 0 Å². The standard InChI is InChI=1S/C15H21BrN2O2/c1-10-3-4-14(13(16)7-10)20-11(2)15(19)18-6-5-12(8-17)9-18/h3-4,7,11-12H,5-6,8-9,17H2,1-2H3/t11-,12+/m0/s1. The second-order valence-corrected chi connectivity index (χ2v) is 6.22. The van der Waals surface area contributed by atoms with Gasteiger partial charge in [-0.2, -0.15) is 0 Å². The first-order chi connectivity index (χ1) is 9.51. The maximum Gasteiger partial charge on any atom is 0.263 e. The van der Waals surface area contributed by atoms with Crippen molar-refractivity contribution >= 4 is 21.8 Å². The van der Waals surface area contributed by atoms with Crippen molar-refractivity contribution in [2.75, 3.05) is 19.6 Å². The molecule has 1 amide bonds.